The second-order valence-corrected chi connectivity index (χ2v) is 10.7. The second kappa shape index (κ2) is 8.35. The van der Waals surface area contributed by atoms with Crippen molar-refractivity contribution in [2.75, 3.05) is 6.54 Å². The van der Waals surface area contributed by atoms with Crippen molar-refractivity contribution in [1.29, 1.82) is 0 Å². The monoisotopic (exact) mass is 414 g/mol. The lowest BCUT2D eigenvalue weighted by molar-refractivity contribution is -0.149. The minimum atomic E-state index is -0.459. The minimum Gasteiger partial charge on any atom is -0.354 e. The van der Waals surface area contributed by atoms with Crippen molar-refractivity contribution in [3.8, 4) is 0 Å². The molecule has 0 aliphatic heterocycles. The summed E-state index contributed by atoms with van der Waals surface area (Å²) in [5, 5.41) is 10.7. The Kier molecular flexibility index (Phi) is 5.95. The van der Waals surface area contributed by atoms with Crippen LogP contribution in [0.5, 0.6) is 0 Å². The Balaban J connectivity index is 1.30. The van der Waals surface area contributed by atoms with Crippen LogP contribution >= 0.6 is 0 Å². The lowest BCUT2D eigenvalue weighted by atomic mass is 9.49. The number of aryl methyl sites for hydroxylation is 3. The molecule has 6 heteroatoms. The van der Waals surface area contributed by atoms with E-state index in [1.165, 1.54) is 19.3 Å². The number of hydrogen-bond acceptors (Lipinski definition) is 3. The lowest BCUT2D eigenvalue weighted by Crippen LogP contribution is -2.58. The zero-order valence-electron chi connectivity index (χ0n) is 19.0. The molecule has 2 amide bonds. The van der Waals surface area contributed by atoms with Crippen LogP contribution in [0.3, 0.4) is 0 Å². The molecule has 0 radical (unpaired) electrons. The average Bonchev–Trinajstić information content (AvgIpc) is 2.98. The summed E-state index contributed by atoms with van der Waals surface area (Å²) in [7, 11) is 0. The van der Waals surface area contributed by atoms with Crippen molar-refractivity contribution >= 4 is 11.8 Å². The summed E-state index contributed by atoms with van der Waals surface area (Å²) in [5.74, 6) is 2.32. The quantitative estimate of drug-likeness (QED) is 0.641. The molecule has 30 heavy (non-hydrogen) atoms. The molecule has 166 valence electrons. The van der Waals surface area contributed by atoms with Gasteiger partial charge in [0.25, 0.3) is 0 Å². The fraction of sp³-hybridized carbons (Fsp3) is 0.792. The first-order chi connectivity index (χ1) is 14.3. The number of rotatable bonds is 8. The summed E-state index contributed by atoms with van der Waals surface area (Å²) < 4.78 is 1.98. The summed E-state index contributed by atoms with van der Waals surface area (Å²) in [6.45, 7) is 9.44. The zero-order chi connectivity index (χ0) is 21.5. The number of carbonyl (C=O) groups is 2. The maximum atomic E-state index is 13.4. The number of aromatic nitrogens is 2. The van der Waals surface area contributed by atoms with Crippen LogP contribution in [0.2, 0.25) is 0 Å². The molecule has 4 aliphatic carbocycles. The molecule has 4 saturated carbocycles. The molecule has 4 aliphatic rings. The van der Waals surface area contributed by atoms with Gasteiger partial charge in [-0.25, -0.2) is 0 Å². The van der Waals surface area contributed by atoms with Gasteiger partial charge in [-0.2, -0.15) is 5.10 Å². The molecule has 0 saturated heterocycles. The fourth-order valence-corrected chi connectivity index (χ4v) is 6.67. The van der Waals surface area contributed by atoms with Crippen molar-refractivity contribution in [3.63, 3.8) is 0 Å². The van der Waals surface area contributed by atoms with Crippen LogP contribution in [0.25, 0.3) is 0 Å². The number of carbonyl (C=O) groups excluding carboxylic acids is 2. The maximum absolute atomic E-state index is 13.4. The van der Waals surface area contributed by atoms with Crippen LogP contribution in [0, 0.1) is 42.9 Å². The number of amides is 2. The van der Waals surface area contributed by atoms with E-state index < -0.39 is 6.04 Å². The van der Waals surface area contributed by atoms with Gasteiger partial charge in [0.15, 0.2) is 0 Å². The van der Waals surface area contributed by atoms with Crippen LogP contribution in [0.1, 0.15) is 70.2 Å². The van der Waals surface area contributed by atoms with Crippen LogP contribution in [0.15, 0.2) is 6.07 Å². The Morgan fingerprint density at radius 3 is 2.23 bits per heavy atom. The molecular weight excluding hydrogens is 376 g/mol. The summed E-state index contributed by atoms with van der Waals surface area (Å²) in [4.78, 5) is 26.2. The minimum absolute atomic E-state index is 0.0588. The molecule has 1 heterocycles. The van der Waals surface area contributed by atoms with E-state index >= 15 is 0 Å². The van der Waals surface area contributed by atoms with Crippen molar-refractivity contribution in [1.82, 2.24) is 20.4 Å². The first-order valence-corrected chi connectivity index (χ1v) is 11.9. The molecule has 1 aromatic heterocycles. The first-order valence-electron chi connectivity index (χ1n) is 11.9. The Morgan fingerprint density at radius 2 is 1.73 bits per heavy atom. The first kappa shape index (κ1) is 21.4. The highest BCUT2D eigenvalue weighted by Gasteiger charge is 2.55. The molecule has 0 unspecified atom stereocenters. The van der Waals surface area contributed by atoms with Gasteiger partial charge < -0.3 is 10.6 Å². The molecule has 1 atom stereocenters. The highest BCUT2D eigenvalue weighted by atomic mass is 16.2. The van der Waals surface area contributed by atoms with Crippen molar-refractivity contribution in [2.45, 2.75) is 85.2 Å². The summed E-state index contributed by atoms with van der Waals surface area (Å²) in [6, 6.07) is 1.60. The predicted octanol–water partition coefficient (Wildman–Crippen LogP) is 3.36. The van der Waals surface area contributed by atoms with E-state index in [0.29, 0.717) is 6.54 Å². The lowest BCUT2D eigenvalue weighted by Gasteiger charge is -2.55. The molecule has 1 aromatic rings. The van der Waals surface area contributed by atoms with Gasteiger partial charge in [0.1, 0.15) is 6.04 Å². The summed E-state index contributed by atoms with van der Waals surface area (Å²) in [6.07, 6.45) is 7.85. The maximum Gasteiger partial charge on any atom is 0.242 e. The number of nitrogens with one attached hydrogen (secondary N) is 2. The van der Waals surface area contributed by atoms with Crippen LogP contribution in [-0.2, 0) is 16.1 Å². The standard InChI is InChI=1S/C24H38N4O2/c1-15(2)21(22(29)25-6-5-7-28-17(4)8-16(3)27-28)26-23(30)24-12-18-9-19(13-24)11-20(10-18)14-24/h8,15,18-21H,5-7,9-14H2,1-4H3,(H,25,29)(H,26,30)/t18?,19?,20?,21-,24?/m1/s1. The van der Waals surface area contributed by atoms with Gasteiger partial charge in [0.05, 0.1) is 5.69 Å². The number of nitrogens with zero attached hydrogens (tertiary/aromatic N) is 2. The third-order valence-corrected chi connectivity index (χ3v) is 7.70. The molecular formula is C24H38N4O2. The van der Waals surface area contributed by atoms with Gasteiger partial charge in [-0.1, -0.05) is 13.8 Å². The van der Waals surface area contributed by atoms with Gasteiger partial charge in [0.2, 0.25) is 11.8 Å². The predicted molar refractivity (Wildman–Crippen MR) is 117 cm³/mol. The van der Waals surface area contributed by atoms with E-state index in [4.69, 9.17) is 0 Å². The Morgan fingerprint density at radius 1 is 1.13 bits per heavy atom. The van der Waals surface area contributed by atoms with Crippen LogP contribution in [-0.4, -0.2) is 34.2 Å². The van der Waals surface area contributed by atoms with Crippen molar-refractivity contribution in [2.24, 2.45) is 29.1 Å². The van der Waals surface area contributed by atoms with Gasteiger partial charge in [0, 0.05) is 24.2 Å². The fourth-order valence-electron chi connectivity index (χ4n) is 6.67. The molecule has 4 bridgehead atoms. The van der Waals surface area contributed by atoms with Gasteiger partial charge in [-0.05, 0) is 88.5 Å². The second-order valence-electron chi connectivity index (χ2n) is 10.7. The number of hydrogen-bond donors (Lipinski definition) is 2. The summed E-state index contributed by atoms with van der Waals surface area (Å²) in [5.41, 5.74) is 1.95. The molecule has 0 spiro atoms. The smallest absolute Gasteiger partial charge is 0.242 e. The molecule has 5 rings (SSSR count). The Labute approximate surface area is 180 Å². The van der Waals surface area contributed by atoms with Crippen molar-refractivity contribution < 1.29 is 9.59 Å². The topological polar surface area (TPSA) is 76.0 Å². The van der Waals surface area contributed by atoms with E-state index in [1.807, 2.05) is 32.4 Å². The Hall–Kier alpha value is -1.85. The van der Waals surface area contributed by atoms with Gasteiger partial charge >= 0.3 is 0 Å². The van der Waals surface area contributed by atoms with E-state index in [9.17, 15) is 9.59 Å². The average molecular weight is 415 g/mol. The third-order valence-electron chi connectivity index (χ3n) is 7.70. The highest BCUT2D eigenvalue weighted by molar-refractivity contribution is 5.90. The Bertz CT molecular complexity index is 762. The van der Waals surface area contributed by atoms with E-state index in [0.717, 1.165) is 61.4 Å². The van der Waals surface area contributed by atoms with E-state index in [1.54, 1.807) is 0 Å². The zero-order valence-corrected chi connectivity index (χ0v) is 19.0. The molecule has 2 N–H and O–H groups in total. The molecule has 0 aromatic carbocycles. The SMILES string of the molecule is Cc1cc(C)n(CCCNC(=O)[C@H](NC(=O)C23CC4CC(CC(C4)C2)C3)C(C)C)n1. The molecule has 6 nitrogen and oxygen atoms in total. The van der Waals surface area contributed by atoms with Crippen LogP contribution < -0.4 is 10.6 Å². The highest BCUT2D eigenvalue weighted by Crippen LogP contribution is 2.60. The molecule has 4 fully saturated rings. The summed E-state index contributed by atoms with van der Waals surface area (Å²) >= 11 is 0. The van der Waals surface area contributed by atoms with E-state index in [2.05, 4.69) is 21.8 Å². The van der Waals surface area contributed by atoms with Crippen LogP contribution in [0.4, 0.5) is 0 Å². The van der Waals surface area contributed by atoms with Gasteiger partial charge in [-0.3, -0.25) is 14.3 Å². The van der Waals surface area contributed by atoms with Crippen molar-refractivity contribution in [3.05, 3.63) is 17.5 Å². The largest absolute Gasteiger partial charge is 0.354 e. The third kappa shape index (κ3) is 4.28. The van der Waals surface area contributed by atoms with E-state index in [-0.39, 0.29) is 23.1 Å². The normalized spacial score (nSPS) is 30.5. The van der Waals surface area contributed by atoms with Gasteiger partial charge in [-0.15, -0.1) is 0 Å².